The predicted octanol–water partition coefficient (Wildman–Crippen LogP) is 6.48. The third-order valence-corrected chi connectivity index (χ3v) is 10.1. The Kier molecular flexibility index (Phi) is 10.4. The zero-order chi connectivity index (χ0) is 35.3. The average Bonchev–Trinajstić information content (AvgIpc) is 3.52. The lowest BCUT2D eigenvalue weighted by Crippen LogP contribution is -2.38. The molecule has 50 heavy (non-hydrogen) atoms. The molecule has 6 rings (SSSR count). The van der Waals surface area contributed by atoms with Gasteiger partial charge in [-0.25, -0.2) is 4.79 Å². The molecule has 0 bridgehead atoms. The summed E-state index contributed by atoms with van der Waals surface area (Å²) < 4.78 is 46.1. The quantitative estimate of drug-likeness (QED) is 0.105. The van der Waals surface area contributed by atoms with Crippen LogP contribution in [0, 0.1) is 6.92 Å². The highest BCUT2D eigenvalue weighted by molar-refractivity contribution is 7.59. The summed E-state index contributed by atoms with van der Waals surface area (Å²) in [6.45, 7) is 3.08. The summed E-state index contributed by atoms with van der Waals surface area (Å²) >= 11 is 0. The maximum atomic E-state index is 13.9. The van der Waals surface area contributed by atoms with E-state index in [1.807, 2.05) is 97.1 Å². The van der Waals surface area contributed by atoms with E-state index in [0.29, 0.717) is 22.7 Å². The number of hydrogen-bond donors (Lipinski definition) is 2. The normalized spacial score (nSPS) is 18.7. The molecular formula is C38H40N3O8P. The highest BCUT2D eigenvalue weighted by Gasteiger charge is 2.44. The standard InChI is InChI=1S/C38H40N3O8P/c1-26-24-41(37(43)39-36(26)42)35-23-33(49-50(4,44)40-30-13-9-6-10-14-30)34(48-35)25-47-38(27-11-7-5-8-12-27,28-15-19-31(45-2)20-16-28)29-17-21-32(46-3)22-18-29/h5-22,24,33-35H,23,25H2,1-4H3,(H,40,44)(H,39,42,43)/t33-,34+,35+,50+/m0/s1. The van der Waals surface area contributed by atoms with Gasteiger partial charge >= 0.3 is 5.69 Å². The molecule has 1 aromatic heterocycles. The number of para-hydroxylation sites is 1. The summed E-state index contributed by atoms with van der Waals surface area (Å²) in [5.74, 6) is 1.37. The smallest absolute Gasteiger partial charge is 0.330 e. The van der Waals surface area contributed by atoms with Crippen molar-refractivity contribution in [1.82, 2.24) is 9.55 Å². The monoisotopic (exact) mass is 697 g/mol. The molecular weight excluding hydrogens is 657 g/mol. The molecule has 1 saturated heterocycles. The van der Waals surface area contributed by atoms with Crippen molar-refractivity contribution in [2.24, 2.45) is 0 Å². The molecule has 5 aromatic rings. The van der Waals surface area contributed by atoms with E-state index in [4.69, 9.17) is 23.5 Å². The highest BCUT2D eigenvalue weighted by Crippen LogP contribution is 2.48. The predicted molar refractivity (Wildman–Crippen MR) is 191 cm³/mol. The Bertz CT molecular complexity index is 2000. The van der Waals surface area contributed by atoms with Crippen molar-refractivity contribution in [3.05, 3.63) is 158 Å². The van der Waals surface area contributed by atoms with Crippen LogP contribution in [0.5, 0.6) is 11.5 Å². The number of aryl methyl sites for hydroxylation is 1. The molecule has 4 atom stereocenters. The van der Waals surface area contributed by atoms with Crippen molar-refractivity contribution in [2.75, 3.05) is 32.6 Å². The molecule has 2 heterocycles. The Hall–Kier alpha value is -4.93. The van der Waals surface area contributed by atoms with Gasteiger partial charge in [-0.2, -0.15) is 0 Å². The van der Waals surface area contributed by atoms with Gasteiger partial charge in [0.25, 0.3) is 13.1 Å². The van der Waals surface area contributed by atoms with E-state index in [1.165, 1.54) is 17.4 Å². The van der Waals surface area contributed by atoms with Crippen molar-refractivity contribution >= 4 is 13.2 Å². The third-order valence-electron chi connectivity index (χ3n) is 8.72. The van der Waals surface area contributed by atoms with E-state index in [1.54, 1.807) is 33.3 Å². The molecule has 0 amide bonds. The Balaban J connectivity index is 1.41. The molecule has 11 nitrogen and oxygen atoms in total. The Morgan fingerprint density at radius 3 is 1.94 bits per heavy atom. The summed E-state index contributed by atoms with van der Waals surface area (Å²) in [7, 11) is -0.238. The van der Waals surface area contributed by atoms with E-state index in [-0.39, 0.29) is 13.0 Å². The SMILES string of the molecule is COc1ccc(C(OC[C@H]2O[C@@H](n3cc(C)c(=O)[nH]c3=O)C[C@@H]2O[P@@](C)(=O)Nc2ccccc2)(c2ccccc2)c2ccc(OC)cc2)cc1. The Morgan fingerprint density at radius 1 is 0.840 bits per heavy atom. The second-order valence-corrected chi connectivity index (χ2v) is 14.3. The van der Waals surface area contributed by atoms with Gasteiger partial charge in [0, 0.05) is 30.5 Å². The second kappa shape index (κ2) is 14.9. The lowest BCUT2D eigenvalue weighted by atomic mass is 9.80. The first kappa shape index (κ1) is 34.9. The lowest BCUT2D eigenvalue weighted by Gasteiger charge is -2.37. The maximum absolute atomic E-state index is 13.9. The topological polar surface area (TPSA) is 130 Å². The van der Waals surface area contributed by atoms with Crippen LogP contribution in [0.1, 0.15) is 34.9 Å². The summed E-state index contributed by atoms with van der Waals surface area (Å²) in [5, 5.41) is 3.02. The first-order valence-electron chi connectivity index (χ1n) is 16.2. The van der Waals surface area contributed by atoms with Crippen LogP contribution >= 0.6 is 7.52 Å². The van der Waals surface area contributed by atoms with Gasteiger partial charge in [-0.15, -0.1) is 0 Å². The summed E-state index contributed by atoms with van der Waals surface area (Å²) in [6.07, 6.45) is -0.766. The van der Waals surface area contributed by atoms with Crippen LogP contribution in [0.4, 0.5) is 5.69 Å². The van der Waals surface area contributed by atoms with Gasteiger partial charge in [-0.3, -0.25) is 18.9 Å². The minimum Gasteiger partial charge on any atom is -0.497 e. The number of methoxy groups -OCH3 is 2. The first-order chi connectivity index (χ1) is 24.1. The minimum atomic E-state index is -3.46. The molecule has 2 N–H and O–H groups in total. The number of nitrogens with zero attached hydrogens (tertiary/aromatic N) is 1. The van der Waals surface area contributed by atoms with Gasteiger partial charge in [-0.1, -0.05) is 72.8 Å². The number of H-pyrrole nitrogens is 1. The van der Waals surface area contributed by atoms with Crippen molar-refractivity contribution in [3.63, 3.8) is 0 Å². The van der Waals surface area contributed by atoms with Gasteiger partial charge in [0.2, 0.25) is 0 Å². The van der Waals surface area contributed by atoms with Gasteiger partial charge in [0.15, 0.2) is 0 Å². The molecule has 1 aliphatic heterocycles. The molecule has 0 unspecified atom stereocenters. The fraction of sp³-hybridized carbons (Fsp3) is 0.263. The summed E-state index contributed by atoms with van der Waals surface area (Å²) in [5.41, 5.74) is 1.21. The number of aromatic amines is 1. The van der Waals surface area contributed by atoms with Crippen LogP contribution in [-0.2, 0) is 24.2 Å². The Morgan fingerprint density at radius 2 is 1.38 bits per heavy atom. The van der Waals surface area contributed by atoms with Crippen LogP contribution in [0.2, 0.25) is 0 Å². The zero-order valence-electron chi connectivity index (χ0n) is 28.3. The van der Waals surface area contributed by atoms with Crippen LogP contribution in [0.25, 0.3) is 0 Å². The summed E-state index contributed by atoms with van der Waals surface area (Å²) in [6, 6.07) is 34.3. The molecule has 1 fully saturated rings. The molecule has 0 aliphatic carbocycles. The fourth-order valence-corrected chi connectivity index (χ4v) is 7.65. The number of ether oxygens (including phenoxy) is 4. The zero-order valence-corrected chi connectivity index (χ0v) is 29.2. The van der Waals surface area contributed by atoms with Crippen LogP contribution in [0.3, 0.4) is 0 Å². The van der Waals surface area contributed by atoms with Crippen molar-refractivity contribution < 1.29 is 28.0 Å². The third kappa shape index (κ3) is 7.46. The number of nitrogens with one attached hydrogen (secondary N) is 2. The number of benzene rings is 4. The average molecular weight is 698 g/mol. The lowest BCUT2D eigenvalue weighted by molar-refractivity contribution is -0.0913. The van der Waals surface area contributed by atoms with E-state index in [2.05, 4.69) is 10.1 Å². The van der Waals surface area contributed by atoms with Gasteiger partial charge in [0.05, 0.1) is 26.9 Å². The van der Waals surface area contributed by atoms with Crippen molar-refractivity contribution in [2.45, 2.75) is 37.4 Å². The minimum absolute atomic E-state index is 0.0312. The van der Waals surface area contributed by atoms with Gasteiger partial charge < -0.3 is 28.6 Å². The largest absolute Gasteiger partial charge is 0.497 e. The number of hydrogen-bond acceptors (Lipinski definition) is 8. The molecule has 0 radical (unpaired) electrons. The molecule has 0 spiro atoms. The molecule has 0 saturated carbocycles. The van der Waals surface area contributed by atoms with E-state index < -0.39 is 42.8 Å². The Labute approximate surface area is 290 Å². The fourth-order valence-electron chi connectivity index (χ4n) is 6.25. The van der Waals surface area contributed by atoms with Gasteiger partial charge in [-0.05, 0) is 60.0 Å². The molecule has 260 valence electrons. The maximum Gasteiger partial charge on any atom is 0.330 e. The summed E-state index contributed by atoms with van der Waals surface area (Å²) in [4.78, 5) is 27.5. The molecule has 1 aliphatic rings. The number of anilines is 1. The molecule has 4 aromatic carbocycles. The van der Waals surface area contributed by atoms with Crippen LogP contribution < -0.4 is 25.8 Å². The van der Waals surface area contributed by atoms with E-state index >= 15 is 0 Å². The number of aromatic nitrogens is 2. The van der Waals surface area contributed by atoms with Crippen LogP contribution in [0.15, 0.2) is 125 Å². The van der Waals surface area contributed by atoms with Gasteiger partial charge in [0.1, 0.15) is 29.4 Å². The second-order valence-electron chi connectivity index (χ2n) is 12.1. The first-order valence-corrected chi connectivity index (χ1v) is 18.2. The number of rotatable bonds is 13. The van der Waals surface area contributed by atoms with E-state index in [0.717, 1.165) is 16.7 Å². The van der Waals surface area contributed by atoms with E-state index in [9.17, 15) is 14.2 Å². The highest BCUT2D eigenvalue weighted by atomic mass is 31.2. The van der Waals surface area contributed by atoms with Crippen molar-refractivity contribution in [1.29, 1.82) is 0 Å². The van der Waals surface area contributed by atoms with Crippen LogP contribution in [-0.4, -0.2) is 49.3 Å². The van der Waals surface area contributed by atoms with Crippen molar-refractivity contribution in [3.8, 4) is 11.5 Å². The molecule has 12 heteroatoms.